The lowest BCUT2D eigenvalue weighted by Gasteiger charge is -2.11. The molecule has 0 atom stereocenters. The Bertz CT molecular complexity index is 1360. The van der Waals surface area contributed by atoms with Crippen molar-refractivity contribution in [2.24, 2.45) is 0 Å². The number of carbonyl (C=O) groups is 2. The van der Waals surface area contributed by atoms with E-state index in [9.17, 15) is 9.59 Å². The lowest BCUT2D eigenvalue weighted by atomic mass is 10.1. The highest BCUT2D eigenvalue weighted by molar-refractivity contribution is 6.31. The first-order chi connectivity index (χ1) is 16.4. The summed E-state index contributed by atoms with van der Waals surface area (Å²) < 4.78 is 16.2. The van der Waals surface area contributed by atoms with Gasteiger partial charge in [0.15, 0.2) is 5.76 Å². The van der Waals surface area contributed by atoms with E-state index in [2.05, 4.69) is 10.6 Å². The van der Waals surface area contributed by atoms with Crippen LogP contribution in [-0.4, -0.2) is 18.9 Å². The molecule has 172 valence electrons. The Labute approximate surface area is 201 Å². The number of hydrogen-bond acceptors (Lipinski definition) is 5. The first-order valence-electron chi connectivity index (χ1n) is 10.3. The van der Waals surface area contributed by atoms with Crippen molar-refractivity contribution in [1.82, 2.24) is 0 Å². The molecule has 0 aliphatic carbocycles. The summed E-state index contributed by atoms with van der Waals surface area (Å²) in [5.41, 5.74) is 2.68. The van der Waals surface area contributed by atoms with Gasteiger partial charge in [0.05, 0.1) is 19.1 Å². The van der Waals surface area contributed by atoms with Gasteiger partial charge in [-0.2, -0.15) is 0 Å². The second-order valence-electron chi connectivity index (χ2n) is 7.34. The van der Waals surface area contributed by atoms with E-state index < -0.39 is 11.8 Å². The van der Waals surface area contributed by atoms with E-state index in [0.717, 1.165) is 11.1 Å². The van der Waals surface area contributed by atoms with Gasteiger partial charge < -0.3 is 24.2 Å². The predicted octanol–water partition coefficient (Wildman–Crippen LogP) is 6.41. The van der Waals surface area contributed by atoms with Crippen LogP contribution in [0.3, 0.4) is 0 Å². The quantitative estimate of drug-likeness (QED) is 0.300. The van der Waals surface area contributed by atoms with Crippen LogP contribution in [0.1, 0.15) is 21.9 Å². The maximum atomic E-state index is 12.5. The van der Waals surface area contributed by atoms with Crippen LogP contribution < -0.4 is 15.4 Å². The summed E-state index contributed by atoms with van der Waals surface area (Å²) in [5.74, 6) is 0.959. The average Bonchev–Trinajstić information content (AvgIpc) is 3.52. The van der Waals surface area contributed by atoms with Crippen LogP contribution in [0.25, 0.3) is 17.4 Å². The fraction of sp³-hybridized carbons (Fsp3) is 0.0769. The molecular weight excluding hydrogens is 456 g/mol. The van der Waals surface area contributed by atoms with Crippen LogP contribution >= 0.6 is 11.6 Å². The van der Waals surface area contributed by atoms with Crippen LogP contribution in [0.15, 0.2) is 81.8 Å². The fourth-order valence-corrected chi connectivity index (χ4v) is 3.34. The third kappa shape index (κ3) is 5.39. The summed E-state index contributed by atoms with van der Waals surface area (Å²) >= 11 is 6.19. The van der Waals surface area contributed by atoms with Crippen molar-refractivity contribution in [3.05, 3.63) is 95.1 Å². The predicted molar refractivity (Wildman–Crippen MR) is 131 cm³/mol. The number of nitrogens with one attached hydrogen (secondary N) is 2. The van der Waals surface area contributed by atoms with Gasteiger partial charge in [-0.15, -0.1) is 0 Å². The number of halogens is 1. The summed E-state index contributed by atoms with van der Waals surface area (Å²) in [7, 11) is 1.49. The van der Waals surface area contributed by atoms with Crippen LogP contribution in [0.2, 0.25) is 5.02 Å². The summed E-state index contributed by atoms with van der Waals surface area (Å²) in [5, 5.41) is 6.11. The van der Waals surface area contributed by atoms with Crippen LogP contribution in [0, 0.1) is 6.92 Å². The topological polar surface area (TPSA) is 93.7 Å². The van der Waals surface area contributed by atoms with Crippen LogP contribution in [-0.2, 0) is 4.79 Å². The van der Waals surface area contributed by atoms with Gasteiger partial charge in [-0.3, -0.25) is 9.59 Å². The average molecular weight is 477 g/mol. The van der Waals surface area contributed by atoms with E-state index in [0.29, 0.717) is 33.7 Å². The zero-order chi connectivity index (χ0) is 24.1. The summed E-state index contributed by atoms with van der Waals surface area (Å²) in [6.45, 7) is 1.93. The summed E-state index contributed by atoms with van der Waals surface area (Å²) in [6.07, 6.45) is 4.32. The molecule has 0 aliphatic rings. The number of carbonyl (C=O) groups excluding carboxylic acids is 2. The molecule has 0 aliphatic heterocycles. The Morgan fingerprint density at radius 1 is 1.03 bits per heavy atom. The number of aryl methyl sites for hydroxylation is 1. The van der Waals surface area contributed by atoms with Gasteiger partial charge in [-0.1, -0.05) is 23.7 Å². The van der Waals surface area contributed by atoms with Gasteiger partial charge in [-0.05, 0) is 67.1 Å². The van der Waals surface area contributed by atoms with E-state index in [1.807, 2.05) is 31.2 Å². The summed E-state index contributed by atoms with van der Waals surface area (Å²) in [4.78, 5) is 24.7. The molecule has 2 aromatic carbocycles. The lowest BCUT2D eigenvalue weighted by Crippen LogP contribution is -2.12. The Balaban J connectivity index is 1.44. The third-order valence-electron chi connectivity index (χ3n) is 4.94. The van der Waals surface area contributed by atoms with Crippen molar-refractivity contribution in [2.75, 3.05) is 17.7 Å². The third-order valence-corrected chi connectivity index (χ3v) is 5.35. The zero-order valence-corrected chi connectivity index (χ0v) is 19.2. The second-order valence-corrected chi connectivity index (χ2v) is 7.74. The van der Waals surface area contributed by atoms with Crippen molar-refractivity contribution in [2.45, 2.75) is 6.92 Å². The van der Waals surface area contributed by atoms with E-state index >= 15 is 0 Å². The van der Waals surface area contributed by atoms with Crippen LogP contribution in [0.5, 0.6) is 5.75 Å². The van der Waals surface area contributed by atoms with Gasteiger partial charge in [0.1, 0.15) is 17.3 Å². The molecule has 4 rings (SSSR count). The molecule has 7 nitrogen and oxygen atoms in total. The zero-order valence-electron chi connectivity index (χ0n) is 18.4. The van der Waals surface area contributed by atoms with Crippen molar-refractivity contribution < 1.29 is 23.2 Å². The van der Waals surface area contributed by atoms with Crippen molar-refractivity contribution in [3.63, 3.8) is 0 Å². The molecule has 2 N–H and O–H groups in total. The Morgan fingerprint density at radius 2 is 1.88 bits per heavy atom. The molecule has 0 radical (unpaired) electrons. The number of methoxy groups -OCH3 is 1. The highest BCUT2D eigenvalue weighted by Gasteiger charge is 2.12. The van der Waals surface area contributed by atoms with Crippen molar-refractivity contribution in [3.8, 4) is 17.1 Å². The minimum absolute atomic E-state index is 0.176. The van der Waals surface area contributed by atoms with E-state index in [-0.39, 0.29) is 5.76 Å². The van der Waals surface area contributed by atoms with Gasteiger partial charge >= 0.3 is 0 Å². The molecule has 4 aromatic rings. The Kier molecular flexibility index (Phi) is 6.85. The van der Waals surface area contributed by atoms with E-state index in [1.165, 1.54) is 19.4 Å². The minimum atomic E-state index is -0.407. The molecular formula is C26H21ClN2O5. The first-order valence-corrected chi connectivity index (χ1v) is 10.7. The van der Waals surface area contributed by atoms with Gasteiger partial charge in [0, 0.05) is 22.3 Å². The molecule has 8 heteroatoms. The number of benzene rings is 2. The molecule has 0 spiro atoms. The number of amides is 2. The molecule has 2 amide bonds. The first kappa shape index (κ1) is 22.9. The number of ether oxygens (including phenoxy) is 1. The maximum absolute atomic E-state index is 12.5. The number of hydrogen-bond donors (Lipinski definition) is 2. The highest BCUT2D eigenvalue weighted by atomic mass is 35.5. The number of furan rings is 2. The van der Waals surface area contributed by atoms with E-state index in [1.54, 1.807) is 42.5 Å². The minimum Gasteiger partial charge on any atom is -0.495 e. The van der Waals surface area contributed by atoms with Crippen LogP contribution in [0.4, 0.5) is 11.4 Å². The molecule has 34 heavy (non-hydrogen) atoms. The largest absolute Gasteiger partial charge is 0.495 e. The molecule has 0 unspecified atom stereocenters. The highest BCUT2D eigenvalue weighted by Crippen LogP contribution is 2.29. The molecule has 0 saturated heterocycles. The van der Waals surface area contributed by atoms with Crippen molar-refractivity contribution in [1.29, 1.82) is 0 Å². The van der Waals surface area contributed by atoms with Gasteiger partial charge in [0.25, 0.3) is 5.91 Å². The monoisotopic (exact) mass is 476 g/mol. The van der Waals surface area contributed by atoms with Gasteiger partial charge in [0.2, 0.25) is 5.91 Å². The number of anilines is 2. The number of rotatable bonds is 7. The lowest BCUT2D eigenvalue weighted by molar-refractivity contribution is -0.111. The molecule has 2 heterocycles. The molecule has 0 bridgehead atoms. The summed E-state index contributed by atoms with van der Waals surface area (Å²) in [6, 6.07) is 17.3. The second kappa shape index (κ2) is 10.1. The smallest absolute Gasteiger partial charge is 0.291 e. The molecule has 2 aromatic heterocycles. The van der Waals surface area contributed by atoms with Gasteiger partial charge in [-0.25, -0.2) is 0 Å². The molecule has 0 fully saturated rings. The molecule has 0 saturated carbocycles. The SMILES string of the molecule is COc1ccc(NC(=O)c2ccco2)cc1NC(=O)C=Cc1ccc(-c2ccc(C)c(Cl)c2)o1. The maximum Gasteiger partial charge on any atom is 0.291 e. The van der Waals surface area contributed by atoms with Crippen molar-refractivity contribution >= 4 is 40.9 Å². The fourth-order valence-electron chi connectivity index (χ4n) is 3.16. The van der Waals surface area contributed by atoms with E-state index in [4.69, 9.17) is 25.2 Å². The Hall–Kier alpha value is -4.23. The standard InChI is InChI=1S/C26H21ClN2O5/c1-16-5-6-17(14-20(16)27)22-11-8-19(34-22)9-12-25(30)29-21-15-18(7-10-23(21)32-2)28-26(31)24-4-3-13-33-24/h3-15H,1-2H3,(H,28,31)(H,29,30). The Morgan fingerprint density at radius 3 is 2.62 bits per heavy atom. The normalized spacial score (nSPS) is 10.9.